The van der Waals surface area contributed by atoms with Gasteiger partial charge in [0.15, 0.2) is 5.78 Å². The first-order valence-electron chi connectivity index (χ1n) is 11.5. The number of pyridine rings is 1. The number of aliphatic hydroxyl groups excluding tert-OH is 1. The van der Waals surface area contributed by atoms with Crippen LogP contribution in [0.2, 0.25) is 17.3 Å². The summed E-state index contributed by atoms with van der Waals surface area (Å²) < 4.78 is 16.0. The molecule has 1 N–H and O–H groups in total. The topological polar surface area (TPSA) is 50.2 Å². The molecule has 1 radical (unpaired) electrons. The van der Waals surface area contributed by atoms with Crippen LogP contribution in [0.5, 0.6) is 0 Å². The average molecular weight is 721 g/mol. The molecular weight excluding hydrogens is 690 g/mol. The standard InChI is InChI=1S/C25H23FGeN.C5H8O2.Ir/c1-17-13-20(14-19-7-5-6-8-22(17)19)25-15-23(24(26)16-28-25)18-9-11-21(12-10-18)27(2,3)4;1-4(6)3-5(2)7;/h5-13,15-16H,1-4H3;3,6H,1-2H3;/q-1;;/b;4-3-;. The van der Waals surface area contributed by atoms with Crippen molar-refractivity contribution in [2.75, 3.05) is 0 Å². The first kappa shape index (κ1) is 29.6. The molecule has 1 heterocycles. The number of aliphatic hydroxyl groups is 1. The molecule has 0 saturated heterocycles. The van der Waals surface area contributed by atoms with Crippen molar-refractivity contribution >= 4 is 34.2 Å². The van der Waals surface area contributed by atoms with Crippen LogP contribution in [0.25, 0.3) is 33.2 Å². The van der Waals surface area contributed by atoms with Crippen molar-refractivity contribution < 1.29 is 34.4 Å². The summed E-state index contributed by atoms with van der Waals surface area (Å²) in [6.07, 6.45) is 2.48. The Hall–Kier alpha value is -2.60. The normalized spacial score (nSPS) is 11.4. The third-order valence-corrected chi connectivity index (χ3v) is 9.92. The number of aryl methyl sites for hydroxylation is 1. The Morgan fingerprint density at radius 2 is 1.67 bits per heavy atom. The second-order valence-corrected chi connectivity index (χ2v) is 20.3. The van der Waals surface area contributed by atoms with Crippen molar-refractivity contribution in [1.82, 2.24) is 4.98 Å². The van der Waals surface area contributed by atoms with Crippen LogP contribution in [-0.2, 0) is 24.9 Å². The number of nitrogens with zero attached hydrogens (tertiary/aromatic N) is 1. The summed E-state index contributed by atoms with van der Waals surface area (Å²) in [5, 5.41) is 10.6. The Morgan fingerprint density at radius 3 is 2.22 bits per heavy atom. The van der Waals surface area contributed by atoms with Crippen LogP contribution in [0.15, 0.2) is 78.7 Å². The largest absolute Gasteiger partial charge is 0 e. The number of fused-ring (bicyclic) bond motifs is 1. The molecule has 0 aliphatic rings. The SMILES string of the molecule is CC(=O)/C=C(/C)O.Cc1cc(-c2cc(-c3cc[c]([Ge]([CH3])([CH3])[CH3])cc3)c(F)cn2)[c-]c2ccccc12.[Ir]. The first-order chi connectivity index (χ1) is 16.5. The van der Waals surface area contributed by atoms with Gasteiger partial charge >= 0.3 is 163 Å². The number of rotatable bonds is 4. The van der Waals surface area contributed by atoms with E-state index >= 15 is 0 Å². The molecule has 0 aliphatic heterocycles. The van der Waals surface area contributed by atoms with Gasteiger partial charge in [-0.2, -0.15) is 0 Å². The maximum absolute atomic E-state index is 14.6. The van der Waals surface area contributed by atoms with E-state index < -0.39 is 13.3 Å². The van der Waals surface area contributed by atoms with Gasteiger partial charge in [-0.25, -0.2) is 0 Å². The fourth-order valence-corrected chi connectivity index (χ4v) is 6.25. The number of carbonyl (C=O) groups is 1. The van der Waals surface area contributed by atoms with Crippen LogP contribution in [-0.4, -0.2) is 29.1 Å². The monoisotopic (exact) mass is 723 g/mol. The van der Waals surface area contributed by atoms with Crippen molar-refractivity contribution in [3.8, 4) is 22.4 Å². The van der Waals surface area contributed by atoms with Crippen molar-refractivity contribution in [3.05, 3.63) is 96.1 Å². The number of ketones is 1. The predicted molar refractivity (Wildman–Crippen MR) is 146 cm³/mol. The van der Waals surface area contributed by atoms with Gasteiger partial charge in [-0.3, -0.25) is 4.79 Å². The molecule has 0 amide bonds. The van der Waals surface area contributed by atoms with Crippen LogP contribution in [0, 0.1) is 18.8 Å². The third kappa shape index (κ3) is 7.70. The molecule has 36 heavy (non-hydrogen) atoms. The molecule has 0 atom stereocenters. The summed E-state index contributed by atoms with van der Waals surface area (Å²) in [5.41, 5.74) is 4.26. The predicted octanol–water partition coefficient (Wildman–Crippen LogP) is 7.40. The van der Waals surface area contributed by atoms with Crippen molar-refractivity contribution in [1.29, 1.82) is 0 Å². The maximum atomic E-state index is 14.6. The van der Waals surface area contributed by atoms with E-state index in [4.69, 9.17) is 5.11 Å². The van der Waals surface area contributed by atoms with Gasteiger partial charge < -0.3 is 5.11 Å². The number of hydrogen-bond donors (Lipinski definition) is 1. The van der Waals surface area contributed by atoms with E-state index in [1.54, 1.807) is 0 Å². The van der Waals surface area contributed by atoms with Crippen LogP contribution in [0.4, 0.5) is 4.39 Å². The second kappa shape index (κ2) is 12.6. The summed E-state index contributed by atoms with van der Waals surface area (Å²) >= 11 is -1.88. The minimum atomic E-state index is -1.88. The Balaban J connectivity index is 0.000000503. The molecule has 0 unspecified atom stereocenters. The van der Waals surface area contributed by atoms with E-state index in [2.05, 4.69) is 59.5 Å². The molecule has 0 bridgehead atoms. The molecule has 3 nitrogen and oxygen atoms in total. The minimum absolute atomic E-state index is 0. The van der Waals surface area contributed by atoms with E-state index in [0.29, 0.717) is 5.56 Å². The van der Waals surface area contributed by atoms with Gasteiger partial charge in [0.2, 0.25) is 0 Å². The third-order valence-electron chi connectivity index (χ3n) is 5.59. The van der Waals surface area contributed by atoms with E-state index in [-0.39, 0.29) is 37.5 Å². The summed E-state index contributed by atoms with van der Waals surface area (Å²) in [6.45, 7) is 4.93. The van der Waals surface area contributed by atoms with E-state index in [1.165, 1.54) is 41.5 Å². The van der Waals surface area contributed by atoms with Gasteiger partial charge in [-0.05, 0) is 13.8 Å². The molecule has 0 fully saturated rings. The molecule has 3 aromatic carbocycles. The van der Waals surface area contributed by atoms with Gasteiger partial charge in [0, 0.05) is 26.2 Å². The molecule has 1 aromatic heterocycles. The molecule has 4 aromatic rings. The van der Waals surface area contributed by atoms with Crippen molar-refractivity contribution in [3.63, 3.8) is 0 Å². The molecule has 0 saturated carbocycles. The molecule has 4 rings (SSSR count). The second-order valence-electron chi connectivity index (χ2n) is 9.68. The van der Waals surface area contributed by atoms with Crippen LogP contribution >= 0.6 is 0 Å². The Labute approximate surface area is 229 Å². The van der Waals surface area contributed by atoms with Crippen LogP contribution in [0.3, 0.4) is 0 Å². The Bertz CT molecular complexity index is 1390. The number of aromatic nitrogens is 1. The molecule has 189 valence electrons. The van der Waals surface area contributed by atoms with Gasteiger partial charge in [-0.1, -0.05) is 6.07 Å². The summed E-state index contributed by atoms with van der Waals surface area (Å²) in [7, 11) is 0. The van der Waals surface area contributed by atoms with E-state index in [0.717, 1.165) is 22.2 Å². The van der Waals surface area contributed by atoms with Gasteiger partial charge in [0.05, 0.1) is 5.76 Å². The van der Waals surface area contributed by atoms with Crippen molar-refractivity contribution in [2.24, 2.45) is 0 Å². The smallest absolute Gasteiger partial charge is 0 e. The fraction of sp³-hybridized carbons (Fsp3) is 0.200. The number of carbonyl (C=O) groups excluding carboxylic acids is 1. The first-order valence-corrected chi connectivity index (χ1v) is 18.9. The summed E-state index contributed by atoms with van der Waals surface area (Å²) in [5.74, 6) is 6.72. The number of hydrogen-bond acceptors (Lipinski definition) is 3. The van der Waals surface area contributed by atoms with E-state index in [1.807, 2.05) is 36.4 Å². The summed E-state index contributed by atoms with van der Waals surface area (Å²) in [6, 6.07) is 23.9. The molecule has 6 heteroatoms. The number of benzene rings is 3. The zero-order valence-corrected chi connectivity index (χ0v) is 25.9. The molecular formula is C30H31FGeIrNO2-. The Kier molecular flexibility index (Phi) is 10.4. The summed E-state index contributed by atoms with van der Waals surface area (Å²) in [4.78, 5) is 14.4. The number of halogens is 1. The van der Waals surface area contributed by atoms with Crippen LogP contribution in [0.1, 0.15) is 19.4 Å². The minimum Gasteiger partial charge on any atom is 0 e. The van der Waals surface area contributed by atoms with Crippen LogP contribution < -0.4 is 4.40 Å². The quantitative estimate of drug-likeness (QED) is 0.104. The van der Waals surface area contributed by atoms with E-state index in [9.17, 15) is 9.18 Å². The fourth-order valence-electron chi connectivity index (χ4n) is 3.80. The van der Waals surface area contributed by atoms with Gasteiger partial charge in [0.25, 0.3) is 0 Å². The Morgan fingerprint density at radius 1 is 1.03 bits per heavy atom. The zero-order valence-electron chi connectivity index (χ0n) is 21.4. The molecule has 0 aliphatic carbocycles. The molecule has 0 spiro atoms. The van der Waals surface area contributed by atoms with Crippen molar-refractivity contribution in [2.45, 2.75) is 38.0 Å². The van der Waals surface area contributed by atoms with Gasteiger partial charge in [-0.15, -0.1) is 0 Å². The zero-order chi connectivity index (χ0) is 25.8. The number of allylic oxidation sites excluding steroid dienone is 2. The maximum Gasteiger partial charge on any atom is 0 e. The average Bonchev–Trinajstić information content (AvgIpc) is 2.78. The van der Waals surface area contributed by atoms with Gasteiger partial charge in [0.1, 0.15) is 0 Å².